The fourth-order valence-electron chi connectivity index (χ4n) is 8.65. The lowest BCUT2D eigenvalue weighted by Gasteiger charge is -2.35. The fraction of sp³-hybridized carbons (Fsp3) is 0.581. The highest BCUT2D eigenvalue weighted by atomic mass is 32.2. The van der Waals surface area contributed by atoms with Crippen molar-refractivity contribution in [3.63, 3.8) is 0 Å². The maximum Gasteiger partial charge on any atom is 0.259 e. The van der Waals surface area contributed by atoms with E-state index in [1.807, 2.05) is 66.4 Å². The number of sulfonamides is 1. The van der Waals surface area contributed by atoms with Gasteiger partial charge < -0.3 is 19.3 Å². The molecule has 3 amide bonds. The first-order valence-corrected chi connectivity index (χ1v) is 22.0. The molecule has 2 aromatic carbocycles. The standard InChI is InChI=1S/C43H56N4O7S/c1-30-15-9-5-3-4-6-10-18-32(25-41(48)45-23-13-8-14-24-45)42(49)46-29-34(27-39(46)43(50)47(30)55(51,52)35-20-21-35)54-40-28-37(31-16-11-7-12-17-31)44-38-26-33(53-2)19-22-36(38)40/h7,11-12,16-17,19,22,26,28,30,32,34-35,39H,3-6,8-10,13-15,18,20-21,23-25,27,29H2,1-2H3. The third-order valence-corrected chi connectivity index (χ3v) is 14.3. The van der Waals surface area contributed by atoms with Crippen LogP contribution in [-0.2, 0) is 24.4 Å². The molecule has 3 saturated heterocycles. The van der Waals surface area contributed by atoms with Gasteiger partial charge in [0.25, 0.3) is 5.91 Å². The molecule has 12 heteroatoms. The second kappa shape index (κ2) is 17.3. The van der Waals surface area contributed by atoms with Crippen LogP contribution in [0.15, 0.2) is 54.6 Å². The predicted octanol–water partition coefficient (Wildman–Crippen LogP) is 7.12. The second-order valence-corrected chi connectivity index (χ2v) is 18.1. The van der Waals surface area contributed by atoms with E-state index in [0.29, 0.717) is 61.5 Å². The Hall–Kier alpha value is -4.19. The molecule has 0 bridgehead atoms. The lowest BCUT2D eigenvalue weighted by molar-refractivity contribution is -0.147. The van der Waals surface area contributed by atoms with Crippen LogP contribution in [0, 0.1) is 5.92 Å². The summed E-state index contributed by atoms with van der Waals surface area (Å²) in [4.78, 5) is 51.8. The molecule has 4 atom stereocenters. The number of methoxy groups -OCH3 is 1. The summed E-state index contributed by atoms with van der Waals surface area (Å²) in [5.41, 5.74) is 2.27. The number of aromatic nitrogens is 1. The largest absolute Gasteiger partial charge is 0.497 e. The molecule has 4 heterocycles. The second-order valence-electron chi connectivity index (χ2n) is 16.0. The van der Waals surface area contributed by atoms with Gasteiger partial charge in [-0.15, -0.1) is 0 Å². The Morgan fingerprint density at radius 3 is 2.24 bits per heavy atom. The molecule has 4 aliphatic rings. The number of hydrogen-bond acceptors (Lipinski definition) is 8. The lowest BCUT2D eigenvalue weighted by Crippen LogP contribution is -2.54. The van der Waals surface area contributed by atoms with Crippen LogP contribution in [0.4, 0.5) is 0 Å². The van der Waals surface area contributed by atoms with E-state index < -0.39 is 45.3 Å². The fourth-order valence-corrected chi connectivity index (χ4v) is 10.7. The summed E-state index contributed by atoms with van der Waals surface area (Å²) in [6.45, 7) is 3.32. The van der Waals surface area contributed by atoms with E-state index in [1.54, 1.807) is 12.0 Å². The number of rotatable bonds is 8. The summed E-state index contributed by atoms with van der Waals surface area (Å²) in [6.07, 6.45) is 10.3. The predicted molar refractivity (Wildman–Crippen MR) is 212 cm³/mol. The molecule has 55 heavy (non-hydrogen) atoms. The number of fused-ring (bicyclic) bond motifs is 2. The number of carbonyl (C=O) groups excluding carboxylic acids is 3. The first kappa shape index (κ1) is 39.1. The van der Waals surface area contributed by atoms with Gasteiger partial charge in [0.15, 0.2) is 0 Å². The van der Waals surface area contributed by atoms with Gasteiger partial charge in [-0.3, -0.25) is 14.4 Å². The van der Waals surface area contributed by atoms with Crippen molar-refractivity contribution in [1.29, 1.82) is 0 Å². The quantitative estimate of drug-likeness (QED) is 0.237. The summed E-state index contributed by atoms with van der Waals surface area (Å²) < 4.78 is 41.6. The maximum absolute atomic E-state index is 14.9. The average Bonchev–Trinajstić information content (AvgIpc) is 3.99. The van der Waals surface area contributed by atoms with Gasteiger partial charge in [0.05, 0.1) is 30.1 Å². The van der Waals surface area contributed by atoms with Crippen molar-refractivity contribution < 1.29 is 32.3 Å². The zero-order chi connectivity index (χ0) is 38.5. The highest BCUT2D eigenvalue weighted by molar-refractivity contribution is 7.90. The van der Waals surface area contributed by atoms with Crippen molar-refractivity contribution in [3.8, 4) is 22.8 Å². The number of likely N-dealkylation sites (tertiary alicyclic amines) is 1. The molecular formula is C43H56N4O7S. The van der Waals surface area contributed by atoms with Crippen molar-refractivity contribution >= 4 is 38.6 Å². The minimum atomic E-state index is -3.93. The van der Waals surface area contributed by atoms with Crippen molar-refractivity contribution in [3.05, 3.63) is 54.6 Å². The summed E-state index contributed by atoms with van der Waals surface area (Å²) in [6, 6.07) is 15.7. The average molecular weight is 773 g/mol. The molecule has 4 unspecified atom stereocenters. The zero-order valence-corrected chi connectivity index (χ0v) is 33.2. The highest BCUT2D eigenvalue weighted by Gasteiger charge is 2.50. The Morgan fingerprint density at radius 2 is 1.53 bits per heavy atom. The molecule has 7 rings (SSSR count). The van der Waals surface area contributed by atoms with Gasteiger partial charge in [-0.25, -0.2) is 17.7 Å². The summed E-state index contributed by atoms with van der Waals surface area (Å²) in [7, 11) is -2.32. The summed E-state index contributed by atoms with van der Waals surface area (Å²) >= 11 is 0. The molecule has 296 valence electrons. The van der Waals surface area contributed by atoms with Gasteiger partial charge in [0.1, 0.15) is 23.6 Å². The summed E-state index contributed by atoms with van der Waals surface area (Å²) in [5, 5.41) is 0.171. The monoisotopic (exact) mass is 772 g/mol. The Bertz CT molecular complexity index is 1950. The van der Waals surface area contributed by atoms with Crippen LogP contribution in [0.25, 0.3) is 22.2 Å². The maximum atomic E-state index is 14.9. The van der Waals surface area contributed by atoms with Gasteiger partial charge in [-0.1, -0.05) is 68.9 Å². The van der Waals surface area contributed by atoms with Gasteiger partial charge in [-0.2, -0.15) is 0 Å². The molecule has 3 aliphatic heterocycles. The van der Waals surface area contributed by atoms with E-state index in [2.05, 4.69) is 0 Å². The van der Waals surface area contributed by atoms with Crippen LogP contribution in [0.2, 0.25) is 0 Å². The Balaban J connectivity index is 1.25. The molecule has 1 aliphatic carbocycles. The molecule has 3 aromatic rings. The number of amides is 3. The highest BCUT2D eigenvalue weighted by Crippen LogP contribution is 2.38. The van der Waals surface area contributed by atoms with Crippen molar-refractivity contribution in [2.24, 2.45) is 5.92 Å². The number of piperidine rings is 1. The van der Waals surface area contributed by atoms with Crippen LogP contribution in [0.3, 0.4) is 0 Å². The Labute approximate surface area is 325 Å². The first-order valence-electron chi connectivity index (χ1n) is 20.5. The molecule has 11 nitrogen and oxygen atoms in total. The third kappa shape index (κ3) is 8.95. The molecule has 1 saturated carbocycles. The van der Waals surface area contributed by atoms with E-state index >= 15 is 0 Å². The number of carbonyl (C=O) groups is 3. The van der Waals surface area contributed by atoms with Crippen LogP contribution in [0.5, 0.6) is 11.5 Å². The van der Waals surface area contributed by atoms with Crippen LogP contribution in [-0.4, -0.2) is 95.4 Å². The van der Waals surface area contributed by atoms with Crippen molar-refractivity contribution in [2.45, 2.75) is 127 Å². The number of ether oxygens (including phenoxy) is 2. The Kier molecular flexibility index (Phi) is 12.3. The topological polar surface area (TPSA) is 126 Å². The lowest BCUT2D eigenvalue weighted by atomic mass is 9.94. The minimum Gasteiger partial charge on any atom is -0.497 e. The van der Waals surface area contributed by atoms with E-state index in [9.17, 15) is 22.8 Å². The molecule has 0 radical (unpaired) electrons. The summed E-state index contributed by atoms with van der Waals surface area (Å²) in [5.74, 6) is -0.274. The minimum absolute atomic E-state index is 0.0236. The number of hydrogen-bond donors (Lipinski definition) is 0. The normalized spacial score (nSPS) is 24.9. The van der Waals surface area contributed by atoms with Crippen molar-refractivity contribution in [2.75, 3.05) is 26.7 Å². The molecule has 0 spiro atoms. The molecule has 1 aromatic heterocycles. The van der Waals surface area contributed by atoms with Crippen LogP contribution in [0.1, 0.15) is 103 Å². The first-order chi connectivity index (χ1) is 26.6. The van der Waals surface area contributed by atoms with E-state index in [-0.39, 0.29) is 31.2 Å². The van der Waals surface area contributed by atoms with E-state index in [1.165, 1.54) is 0 Å². The van der Waals surface area contributed by atoms with Crippen molar-refractivity contribution in [1.82, 2.24) is 19.1 Å². The smallest absolute Gasteiger partial charge is 0.259 e. The van der Waals surface area contributed by atoms with E-state index in [4.69, 9.17) is 14.5 Å². The number of nitrogens with zero attached hydrogens (tertiary/aromatic N) is 4. The van der Waals surface area contributed by atoms with Gasteiger partial charge >= 0.3 is 0 Å². The number of pyridine rings is 1. The Morgan fingerprint density at radius 1 is 0.836 bits per heavy atom. The third-order valence-electron chi connectivity index (χ3n) is 11.9. The number of benzene rings is 2. The van der Waals surface area contributed by atoms with Gasteiger partial charge in [0, 0.05) is 61.0 Å². The molecule has 0 N–H and O–H groups in total. The zero-order valence-electron chi connectivity index (χ0n) is 32.4. The molecular weight excluding hydrogens is 717 g/mol. The molecule has 4 fully saturated rings. The van der Waals surface area contributed by atoms with E-state index in [0.717, 1.165) is 73.0 Å². The van der Waals surface area contributed by atoms with Crippen LogP contribution < -0.4 is 9.47 Å². The van der Waals surface area contributed by atoms with Gasteiger partial charge in [-0.05, 0) is 64.0 Å². The van der Waals surface area contributed by atoms with Crippen LogP contribution >= 0.6 is 0 Å². The van der Waals surface area contributed by atoms with Gasteiger partial charge in [0.2, 0.25) is 21.8 Å². The SMILES string of the molecule is COc1ccc2c(OC3CC4C(=O)N(S(=O)(=O)C5CC5)C(C)CCCCCCCCC(CC(=O)N5CCCCC5)C(=O)N4C3)cc(-c3ccccc3)nc2c1.